The van der Waals surface area contributed by atoms with Gasteiger partial charge in [0.05, 0.1) is 0 Å². The lowest BCUT2D eigenvalue weighted by atomic mass is 10.1. The molecule has 1 saturated heterocycles. The van der Waals surface area contributed by atoms with E-state index in [-0.39, 0.29) is 11.3 Å². The van der Waals surface area contributed by atoms with E-state index in [1.807, 2.05) is 18.3 Å². The molecule has 0 spiro atoms. The number of nitrogens with one attached hydrogen (secondary N) is 1. The van der Waals surface area contributed by atoms with E-state index in [0.717, 1.165) is 44.0 Å². The lowest BCUT2D eigenvalue weighted by molar-refractivity contribution is 0.0943. The van der Waals surface area contributed by atoms with Crippen LogP contribution in [0.4, 0.5) is 5.69 Å². The maximum absolute atomic E-state index is 12.6. The average Bonchev–Trinajstić information content (AvgIpc) is 3.34. The third-order valence-electron chi connectivity index (χ3n) is 6.06. The number of carbonyl (C=O) groups is 1. The van der Waals surface area contributed by atoms with Crippen LogP contribution in [0, 0.1) is 5.41 Å². The number of rotatable bonds is 7. The molecule has 0 unspecified atom stereocenters. The van der Waals surface area contributed by atoms with Crippen LogP contribution in [0.5, 0.6) is 0 Å². The first-order valence-corrected chi connectivity index (χ1v) is 10.3. The Kier molecular flexibility index (Phi) is 5.19. The standard InChI is InChI=1S/C22H30N4O/c1-2-20-23-12-15-26(20)17-22(10-11-22)16-24-21(27)18-6-8-19(9-7-18)25-13-4-3-5-14-25/h6-9,12,15H,2-5,10-11,13-14,16-17H2,1H3,(H,24,27). The number of carbonyl (C=O) groups excluding carboxylic acids is 1. The summed E-state index contributed by atoms with van der Waals surface area (Å²) in [7, 11) is 0. The van der Waals surface area contributed by atoms with Crippen LogP contribution >= 0.6 is 0 Å². The minimum atomic E-state index is 0.0350. The van der Waals surface area contributed by atoms with Crippen molar-refractivity contribution in [2.75, 3.05) is 24.5 Å². The van der Waals surface area contributed by atoms with E-state index in [1.165, 1.54) is 37.8 Å². The minimum Gasteiger partial charge on any atom is -0.372 e. The Hall–Kier alpha value is -2.30. The van der Waals surface area contributed by atoms with Gasteiger partial charge in [0.25, 0.3) is 5.91 Å². The molecule has 1 aliphatic carbocycles. The summed E-state index contributed by atoms with van der Waals surface area (Å²) in [5.41, 5.74) is 2.19. The van der Waals surface area contributed by atoms with E-state index in [1.54, 1.807) is 0 Å². The Labute approximate surface area is 161 Å². The van der Waals surface area contributed by atoms with Gasteiger partial charge in [-0.2, -0.15) is 0 Å². The van der Waals surface area contributed by atoms with Crippen molar-refractivity contribution in [2.24, 2.45) is 5.41 Å². The number of hydrogen-bond donors (Lipinski definition) is 1. The second kappa shape index (κ2) is 7.75. The predicted octanol–water partition coefficient (Wildman–Crippen LogP) is 3.65. The van der Waals surface area contributed by atoms with Crippen LogP contribution in [0.25, 0.3) is 0 Å². The number of benzene rings is 1. The Bertz CT molecular complexity index is 770. The number of aromatic nitrogens is 2. The fraction of sp³-hybridized carbons (Fsp3) is 0.545. The highest BCUT2D eigenvalue weighted by Gasteiger charge is 2.43. The molecule has 1 aromatic heterocycles. The molecule has 1 aromatic carbocycles. The second-order valence-corrected chi connectivity index (χ2v) is 8.10. The van der Waals surface area contributed by atoms with Gasteiger partial charge in [-0.1, -0.05) is 6.92 Å². The first-order chi connectivity index (χ1) is 13.2. The molecule has 5 nitrogen and oxygen atoms in total. The Balaban J connectivity index is 1.32. The monoisotopic (exact) mass is 366 g/mol. The van der Waals surface area contributed by atoms with Crippen molar-refractivity contribution in [1.29, 1.82) is 0 Å². The zero-order valence-corrected chi connectivity index (χ0v) is 16.3. The molecular formula is C22H30N4O. The summed E-state index contributed by atoms with van der Waals surface area (Å²) < 4.78 is 2.24. The van der Waals surface area contributed by atoms with Crippen LogP contribution in [-0.4, -0.2) is 35.1 Å². The van der Waals surface area contributed by atoms with Gasteiger partial charge in [0.15, 0.2) is 0 Å². The van der Waals surface area contributed by atoms with E-state index < -0.39 is 0 Å². The van der Waals surface area contributed by atoms with Gasteiger partial charge in [0.1, 0.15) is 5.82 Å². The molecule has 0 atom stereocenters. The zero-order chi connectivity index (χ0) is 18.7. The Morgan fingerprint density at radius 3 is 2.56 bits per heavy atom. The molecule has 5 heteroatoms. The molecule has 1 saturated carbocycles. The predicted molar refractivity (Wildman–Crippen MR) is 108 cm³/mol. The summed E-state index contributed by atoms with van der Waals surface area (Å²) in [6.07, 6.45) is 11.1. The number of amides is 1. The molecule has 0 bridgehead atoms. The van der Waals surface area contributed by atoms with Crippen molar-refractivity contribution >= 4 is 11.6 Å². The van der Waals surface area contributed by atoms with E-state index in [0.29, 0.717) is 0 Å². The van der Waals surface area contributed by atoms with E-state index in [2.05, 4.69) is 45.0 Å². The van der Waals surface area contributed by atoms with Crippen LogP contribution in [0.1, 0.15) is 55.2 Å². The number of hydrogen-bond acceptors (Lipinski definition) is 3. The maximum Gasteiger partial charge on any atom is 0.251 e. The Morgan fingerprint density at radius 1 is 1.15 bits per heavy atom. The van der Waals surface area contributed by atoms with Crippen LogP contribution in [0.15, 0.2) is 36.7 Å². The third kappa shape index (κ3) is 4.18. The summed E-state index contributed by atoms with van der Waals surface area (Å²) in [5.74, 6) is 1.16. The quantitative estimate of drug-likeness (QED) is 0.814. The summed E-state index contributed by atoms with van der Waals surface area (Å²) in [5, 5.41) is 3.16. The molecule has 0 radical (unpaired) electrons. The highest BCUT2D eigenvalue weighted by Crippen LogP contribution is 2.46. The lowest BCUT2D eigenvalue weighted by Crippen LogP contribution is -2.32. The van der Waals surface area contributed by atoms with Gasteiger partial charge < -0.3 is 14.8 Å². The molecule has 2 aromatic rings. The molecule has 1 N–H and O–H groups in total. The number of nitrogens with zero attached hydrogens (tertiary/aromatic N) is 3. The van der Waals surface area contributed by atoms with Gasteiger partial charge in [0.2, 0.25) is 0 Å². The molecule has 1 aliphatic heterocycles. The van der Waals surface area contributed by atoms with Gasteiger partial charge in [-0.3, -0.25) is 4.79 Å². The number of piperidine rings is 1. The average molecular weight is 367 g/mol. The lowest BCUT2D eigenvalue weighted by Gasteiger charge is -2.28. The molecule has 144 valence electrons. The van der Waals surface area contributed by atoms with Crippen molar-refractivity contribution in [1.82, 2.24) is 14.9 Å². The molecule has 2 heterocycles. The van der Waals surface area contributed by atoms with Crippen molar-refractivity contribution < 1.29 is 4.79 Å². The molecule has 2 aliphatic rings. The van der Waals surface area contributed by atoms with Crippen LogP contribution in [0.3, 0.4) is 0 Å². The topological polar surface area (TPSA) is 50.2 Å². The first-order valence-electron chi connectivity index (χ1n) is 10.3. The summed E-state index contributed by atoms with van der Waals surface area (Å²) >= 11 is 0. The van der Waals surface area contributed by atoms with Gasteiger partial charge in [-0.25, -0.2) is 4.98 Å². The van der Waals surface area contributed by atoms with Crippen LogP contribution in [0.2, 0.25) is 0 Å². The second-order valence-electron chi connectivity index (χ2n) is 8.10. The van der Waals surface area contributed by atoms with Crippen molar-refractivity contribution in [3.63, 3.8) is 0 Å². The number of anilines is 1. The van der Waals surface area contributed by atoms with Gasteiger partial charge in [-0.05, 0) is 56.4 Å². The van der Waals surface area contributed by atoms with E-state index >= 15 is 0 Å². The molecule has 2 fully saturated rings. The normalized spacial score (nSPS) is 18.3. The van der Waals surface area contributed by atoms with Crippen molar-refractivity contribution in [2.45, 2.75) is 52.0 Å². The largest absolute Gasteiger partial charge is 0.372 e. The van der Waals surface area contributed by atoms with Crippen LogP contribution < -0.4 is 10.2 Å². The van der Waals surface area contributed by atoms with Crippen LogP contribution in [-0.2, 0) is 13.0 Å². The smallest absolute Gasteiger partial charge is 0.251 e. The van der Waals surface area contributed by atoms with E-state index in [4.69, 9.17) is 0 Å². The zero-order valence-electron chi connectivity index (χ0n) is 16.3. The van der Waals surface area contributed by atoms with Gasteiger partial charge in [-0.15, -0.1) is 0 Å². The highest BCUT2D eigenvalue weighted by atomic mass is 16.1. The van der Waals surface area contributed by atoms with E-state index in [9.17, 15) is 4.79 Å². The number of imidazole rings is 1. The summed E-state index contributed by atoms with van der Waals surface area (Å²) in [6.45, 7) is 6.07. The first kappa shape index (κ1) is 18.1. The van der Waals surface area contributed by atoms with Gasteiger partial charge in [0, 0.05) is 61.7 Å². The molecular weight excluding hydrogens is 336 g/mol. The fourth-order valence-electron chi connectivity index (χ4n) is 4.07. The molecule has 1 amide bonds. The minimum absolute atomic E-state index is 0.0350. The molecule has 4 rings (SSSR count). The fourth-order valence-corrected chi connectivity index (χ4v) is 4.07. The Morgan fingerprint density at radius 2 is 1.89 bits per heavy atom. The number of aryl methyl sites for hydroxylation is 1. The third-order valence-corrected chi connectivity index (χ3v) is 6.06. The summed E-state index contributed by atoms with van der Waals surface area (Å²) in [4.78, 5) is 19.4. The summed E-state index contributed by atoms with van der Waals surface area (Å²) in [6, 6.07) is 8.10. The maximum atomic E-state index is 12.6. The van der Waals surface area contributed by atoms with Crippen molar-refractivity contribution in [3.05, 3.63) is 48.0 Å². The SMILES string of the molecule is CCc1nccn1CC1(CNC(=O)c2ccc(N3CCCCC3)cc2)CC1. The van der Waals surface area contributed by atoms with Gasteiger partial charge >= 0.3 is 0 Å². The van der Waals surface area contributed by atoms with Crippen molar-refractivity contribution in [3.8, 4) is 0 Å². The highest BCUT2D eigenvalue weighted by molar-refractivity contribution is 5.94. The molecule has 27 heavy (non-hydrogen) atoms.